The van der Waals surface area contributed by atoms with E-state index in [9.17, 15) is 9.59 Å². The van der Waals surface area contributed by atoms with Gasteiger partial charge in [0.15, 0.2) is 12.6 Å². The molecule has 0 aliphatic carbocycles. The lowest BCUT2D eigenvalue weighted by Crippen LogP contribution is -1.90. The van der Waals surface area contributed by atoms with Crippen LogP contribution in [0.25, 0.3) is 37.6 Å². The van der Waals surface area contributed by atoms with Crippen molar-refractivity contribution in [2.24, 2.45) is 0 Å². The fourth-order valence-corrected chi connectivity index (χ4v) is 8.11. The van der Waals surface area contributed by atoms with Crippen LogP contribution < -0.4 is 0 Å². The number of fused-ring (bicyclic) bond motifs is 4. The minimum absolute atomic E-state index is 0.694. The summed E-state index contributed by atoms with van der Waals surface area (Å²) in [5, 5.41) is 0. The van der Waals surface area contributed by atoms with Gasteiger partial charge in [-0.05, 0) is 24.3 Å². The summed E-state index contributed by atoms with van der Waals surface area (Å²) in [5.74, 6) is 0. The highest BCUT2D eigenvalue weighted by Crippen LogP contribution is 2.44. The number of benzene rings is 3. The van der Waals surface area contributed by atoms with E-state index in [1.165, 1.54) is 0 Å². The monoisotopic (exact) mass is 410 g/mol. The molecule has 2 nitrogen and oxygen atoms in total. The molecular weight excluding hydrogens is 400 g/mol. The predicted octanol–water partition coefficient (Wildman–Crippen LogP) is 7.29. The van der Waals surface area contributed by atoms with Crippen LogP contribution in [-0.4, -0.2) is 12.6 Å². The third-order valence-corrected chi connectivity index (χ3v) is 9.51. The van der Waals surface area contributed by atoms with Crippen molar-refractivity contribution in [2.75, 3.05) is 0 Å². The second kappa shape index (κ2) is 6.25. The molecule has 0 saturated heterocycles. The van der Waals surface area contributed by atoms with Gasteiger partial charge >= 0.3 is 0 Å². The summed E-state index contributed by atoms with van der Waals surface area (Å²) in [7, 11) is 0. The van der Waals surface area contributed by atoms with Gasteiger partial charge in [0.2, 0.25) is 0 Å². The Morgan fingerprint density at radius 2 is 0.769 bits per heavy atom. The van der Waals surface area contributed by atoms with Crippen molar-refractivity contribution in [1.82, 2.24) is 0 Å². The smallest absolute Gasteiger partial charge is 0.153 e. The number of hydrogen-bond donors (Lipinski definition) is 0. The third kappa shape index (κ3) is 2.34. The maximum Gasteiger partial charge on any atom is 0.153 e. The average molecular weight is 411 g/mol. The number of carbonyl (C=O) groups excluding carboxylic acids is 2. The topological polar surface area (TPSA) is 34.1 Å². The van der Waals surface area contributed by atoms with Crippen molar-refractivity contribution in [1.29, 1.82) is 0 Å². The van der Waals surface area contributed by atoms with E-state index in [4.69, 9.17) is 0 Å². The molecule has 0 saturated carbocycles. The molecule has 5 aromatic rings. The summed E-state index contributed by atoms with van der Waals surface area (Å²) in [5.41, 5.74) is 1.39. The molecule has 0 amide bonds. The van der Waals surface area contributed by atoms with E-state index in [0.717, 1.165) is 50.2 Å². The Balaban J connectivity index is 2.10. The van der Waals surface area contributed by atoms with Crippen molar-refractivity contribution < 1.29 is 9.59 Å². The van der Waals surface area contributed by atoms with Gasteiger partial charge in [0.05, 0.1) is 29.9 Å². The van der Waals surface area contributed by atoms with Crippen LogP contribution in [0.3, 0.4) is 0 Å². The molecule has 0 bridgehead atoms. The summed E-state index contributed by atoms with van der Waals surface area (Å²) >= 11 is 6.34. The highest BCUT2D eigenvalue weighted by Gasteiger charge is 2.17. The average Bonchev–Trinajstić information content (AvgIpc) is 2.69. The summed E-state index contributed by atoms with van der Waals surface area (Å²) in [6.45, 7) is 0. The van der Waals surface area contributed by atoms with E-state index in [2.05, 4.69) is 24.3 Å². The van der Waals surface area contributed by atoms with E-state index < -0.39 is 0 Å². The fraction of sp³-hybridized carbons (Fsp3) is 0. The zero-order valence-electron chi connectivity index (χ0n) is 13.2. The van der Waals surface area contributed by atoms with E-state index in [1.54, 1.807) is 45.3 Å². The van der Waals surface area contributed by atoms with Crippen molar-refractivity contribution >= 4 is 95.5 Å². The van der Waals surface area contributed by atoms with Crippen molar-refractivity contribution in [3.05, 3.63) is 59.7 Å². The Kier molecular flexibility index (Phi) is 3.86. The lowest BCUT2D eigenvalue weighted by atomic mass is 10.1. The van der Waals surface area contributed by atoms with Gasteiger partial charge in [-0.2, -0.15) is 0 Å². The molecule has 0 atom stereocenters. The molecule has 126 valence electrons. The molecule has 26 heavy (non-hydrogen) atoms. The predicted molar refractivity (Wildman–Crippen MR) is 116 cm³/mol. The molecule has 0 aliphatic heterocycles. The first-order valence-electron chi connectivity index (χ1n) is 7.84. The largest absolute Gasteiger partial charge is 0.298 e. The molecule has 2 heterocycles. The van der Waals surface area contributed by atoms with Gasteiger partial charge in [-0.3, -0.25) is 9.59 Å². The highest BCUT2D eigenvalue weighted by atomic mass is 32.1. The molecule has 0 radical (unpaired) electrons. The second-order valence-electron chi connectivity index (χ2n) is 5.68. The Labute approximate surface area is 164 Å². The van der Waals surface area contributed by atoms with Gasteiger partial charge < -0.3 is 0 Å². The minimum atomic E-state index is 0.694. The number of rotatable bonds is 2. The molecule has 0 N–H and O–H groups in total. The summed E-state index contributed by atoms with van der Waals surface area (Å²) in [6, 6.07) is 16.2. The molecule has 0 spiro atoms. The SMILES string of the molecule is O=Cc1c2sc3ccccc3sc2c(C=O)c2sc3ccccc3sc12. The van der Waals surface area contributed by atoms with E-state index in [1.807, 2.05) is 24.3 Å². The fourth-order valence-electron chi connectivity index (χ4n) is 2.99. The molecule has 6 heteroatoms. The lowest BCUT2D eigenvalue weighted by molar-refractivity contribution is 0.111. The van der Waals surface area contributed by atoms with Gasteiger partial charge in [-0.25, -0.2) is 0 Å². The van der Waals surface area contributed by atoms with Crippen molar-refractivity contribution in [2.45, 2.75) is 0 Å². The quantitative estimate of drug-likeness (QED) is 0.226. The van der Waals surface area contributed by atoms with E-state index in [0.29, 0.717) is 11.1 Å². The Bertz CT molecular complexity index is 1180. The molecule has 5 rings (SSSR count). The number of aldehydes is 2. The van der Waals surface area contributed by atoms with E-state index in [-0.39, 0.29) is 0 Å². The molecular formula is C20H10O2S4. The first-order valence-corrected chi connectivity index (χ1v) is 11.1. The lowest BCUT2D eigenvalue weighted by Gasteiger charge is -2.11. The molecule has 0 unspecified atom stereocenters. The van der Waals surface area contributed by atoms with Crippen LogP contribution in [0.5, 0.6) is 0 Å². The van der Waals surface area contributed by atoms with Crippen molar-refractivity contribution in [3.63, 3.8) is 0 Å². The zero-order valence-corrected chi connectivity index (χ0v) is 16.5. The Hall–Kier alpha value is -2.12. The number of carbonyl (C=O) groups is 2. The maximum absolute atomic E-state index is 12.0. The van der Waals surface area contributed by atoms with Crippen LogP contribution in [0, 0.1) is 0 Å². The standard InChI is InChI=1S/C20H10O2S4/c21-9-11-17-18(24-14-6-2-1-5-13(14)23-17)12(10-22)20-19(11)25-15-7-3-4-8-16(15)26-20/h1-10H. The molecule has 0 aliphatic rings. The van der Waals surface area contributed by atoms with E-state index >= 15 is 0 Å². The van der Waals surface area contributed by atoms with Crippen molar-refractivity contribution in [3.8, 4) is 0 Å². The maximum atomic E-state index is 12.0. The highest BCUT2D eigenvalue weighted by molar-refractivity contribution is 7.39. The van der Waals surface area contributed by atoms with Crippen LogP contribution in [-0.2, 0) is 0 Å². The van der Waals surface area contributed by atoms with Crippen LogP contribution in [0.4, 0.5) is 0 Å². The summed E-state index contributed by atoms with van der Waals surface area (Å²) < 4.78 is 8.10. The van der Waals surface area contributed by atoms with Gasteiger partial charge in [0, 0.05) is 18.8 Å². The minimum Gasteiger partial charge on any atom is -0.298 e. The molecule has 2 aromatic heterocycles. The first kappa shape index (κ1) is 16.1. The second-order valence-corrected chi connectivity index (χ2v) is 9.89. The Morgan fingerprint density at radius 1 is 0.500 bits per heavy atom. The summed E-state index contributed by atoms with van der Waals surface area (Å²) in [6.07, 6.45) is 1.88. The first-order chi connectivity index (χ1) is 12.8. The van der Waals surface area contributed by atoms with Crippen LogP contribution in [0.1, 0.15) is 20.7 Å². The normalized spacial score (nSPS) is 11.4. The van der Waals surface area contributed by atoms with Gasteiger partial charge in [-0.15, -0.1) is 45.3 Å². The Morgan fingerprint density at radius 3 is 1.00 bits per heavy atom. The van der Waals surface area contributed by atoms with Crippen LogP contribution >= 0.6 is 45.3 Å². The van der Waals surface area contributed by atoms with Crippen LogP contribution in [0.2, 0.25) is 0 Å². The molecule has 3 aromatic carbocycles. The number of hydrogen-bond acceptors (Lipinski definition) is 6. The van der Waals surface area contributed by atoms with Gasteiger partial charge in [0.25, 0.3) is 0 Å². The van der Waals surface area contributed by atoms with Crippen LogP contribution in [0.15, 0.2) is 48.5 Å². The zero-order chi connectivity index (χ0) is 17.7. The third-order valence-electron chi connectivity index (χ3n) is 4.17. The van der Waals surface area contributed by atoms with Gasteiger partial charge in [0.1, 0.15) is 0 Å². The molecule has 0 fully saturated rings. The summed E-state index contributed by atoms with van der Waals surface area (Å²) in [4.78, 5) is 24.1. The van der Waals surface area contributed by atoms with Gasteiger partial charge in [-0.1, -0.05) is 24.3 Å².